The maximum atomic E-state index is 13.5. The Kier molecular flexibility index (Phi) is 3.76. The summed E-state index contributed by atoms with van der Waals surface area (Å²) in [6.07, 6.45) is 3.12. The molecule has 0 radical (unpaired) electrons. The van der Waals surface area contributed by atoms with Crippen LogP contribution in [0.2, 0.25) is 5.02 Å². The van der Waals surface area contributed by atoms with Gasteiger partial charge in [-0.3, -0.25) is 4.98 Å². The van der Waals surface area contributed by atoms with Crippen molar-refractivity contribution in [1.29, 1.82) is 0 Å². The lowest BCUT2D eigenvalue weighted by Gasteiger charge is -2.12. The van der Waals surface area contributed by atoms with Gasteiger partial charge in [-0.05, 0) is 30.7 Å². The Labute approximate surface area is 116 Å². The standard InChI is InChI=1S/C15H12ClFN2/c1-4-11-13(10(3)17)14(16)9(2)15(19-11)12-7-5-6-8-18-12/h4-8H,1,3H2,2H3. The zero-order chi connectivity index (χ0) is 14.0. The molecule has 0 unspecified atom stereocenters. The Morgan fingerprint density at radius 1 is 1.42 bits per heavy atom. The lowest BCUT2D eigenvalue weighted by Crippen LogP contribution is -1.99. The van der Waals surface area contributed by atoms with Gasteiger partial charge in [0.25, 0.3) is 0 Å². The molecule has 96 valence electrons. The first-order chi connectivity index (χ1) is 9.06. The molecule has 19 heavy (non-hydrogen) atoms. The van der Waals surface area contributed by atoms with Gasteiger partial charge >= 0.3 is 0 Å². The average Bonchev–Trinajstić information content (AvgIpc) is 2.42. The van der Waals surface area contributed by atoms with Crippen LogP contribution >= 0.6 is 11.6 Å². The summed E-state index contributed by atoms with van der Waals surface area (Å²) in [5, 5.41) is 0.290. The first-order valence-electron chi connectivity index (χ1n) is 5.65. The Hall–Kier alpha value is -2.00. The predicted octanol–water partition coefficient (Wildman–Crippen LogP) is 4.69. The van der Waals surface area contributed by atoms with E-state index in [2.05, 4.69) is 23.1 Å². The van der Waals surface area contributed by atoms with Crippen molar-refractivity contribution >= 4 is 23.5 Å². The van der Waals surface area contributed by atoms with Crippen LogP contribution in [0.4, 0.5) is 4.39 Å². The van der Waals surface area contributed by atoms with Gasteiger partial charge in [0.15, 0.2) is 0 Å². The van der Waals surface area contributed by atoms with E-state index < -0.39 is 5.83 Å². The van der Waals surface area contributed by atoms with Gasteiger partial charge in [0.05, 0.1) is 27.7 Å². The second-order valence-electron chi connectivity index (χ2n) is 3.98. The number of nitrogens with zero attached hydrogens (tertiary/aromatic N) is 2. The summed E-state index contributed by atoms with van der Waals surface area (Å²) in [6, 6.07) is 5.49. The van der Waals surface area contributed by atoms with Gasteiger partial charge in [0.2, 0.25) is 0 Å². The van der Waals surface area contributed by atoms with Crippen LogP contribution in [0.3, 0.4) is 0 Å². The normalized spacial score (nSPS) is 10.3. The smallest absolute Gasteiger partial charge is 0.126 e. The first kappa shape index (κ1) is 13.4. The topological polar surface area (TPSA) is 25.8 Å². The molecule has 0 fully saturated rings. The molecule has 0 aromatic carbocycles. The highest BCUT2D eigenvalue weighted by Crippen LogP contribution is 2.34. The van der Waals surface area contributed by atoms with Crippen molar-refractivity contribution < 1.29 is 4.39 Å². The van der Waals surface area contributed by atoms with Crippen LogP contribution in [0.15, 0.2) is 37.6 Å². The minimum absolute atomic E-state index is 0.189. The molecule has 2 aromatic heterocycles. The fraction of sp³-hybridized carbons (Fsp3) is 0.0667. The van der Waals surface area contributed by atoms with Gasteiger partial charge in [0.1, 0.15) is 5.83 Å². The first-order valence-corrected chi connectivity index (χ1v) is 6.02. The van der Waals surface area contributed by atoms with Gasteiger partial charge in [-0.2, -0.15) is 0 Å². The molecular formula is C15H12ClFN2. The fourth-order valence-electron chi connectivity index (χ4n) is 1.82. The Morgan fingerprint density at radius 2 is 2.16 bits per heavy atom. The molecule has 4 heteroatoms. The molecule has 2 nitrogen and oxygen atoms in total. The summed E-state index contributed by atoms with van der Waals surface area (Å²) >= 11 is 6.21. The molecule has 0 saturated carbocycles. The third kappa shape index (κ3) is 2.42. The van der Waals surface area contributed by atoms with Crippen molar-refractivity contribution in [3.05, 3.63) is 59.4 Å². The fourth-order valence-corrected chi connectivity index (χ4v) is 2.11. The lowest BCUT2D eigenvalue weighted by molar-refractivity contribution is 0.761. The van der Waals surface area contributed by atoms with E-state index in [-0.39, 0.29) is 10.6 Å². The van der Waals surface area contributed by atoms with Crippen molar-refractivity contribution in [3.63, 3.8) is 0 Å². The molecular weight excluding hydrogens is 263 g/mol. The van der Waals surface area contributed by atoms with Crippen LogP contribution in [0.1, 0.15) is 16.8 Å². The average molecular weight is 275 g/mol. The van der Waals surface area contributed by atoms with Gasteiger partial charge in [0, 0.05) is 6.20 Å². The maximum absolute atomic E-state index is 13.5. The minimum atomic E-state index is -0.622. The Balaban J connectivity index is 2.76. The van der Waals surface area contributed by atoms with E-state index in [0.29, 0.717) is 22.6 Å². The van der Waals surface area contributed by atoms with E-state index in [0.717, 1.165) is 0 Å². The Morgan fingerprint density at radius 3 is 2.68 bits per heavy atom. The molecule has 0 amide bonds. The number of rotatable bonds is 3. The van der Waals surface area contributed by atoms with E-state index in [4.69, 9.17) is 11.6 Å². The van der Waals surface area contributed by atoms with E-state index in [1.54, 1.807) is 13.1 Å². The number of aromatic nitrogens is 2. The molecule has 0 saturated heterocycles. The molecule has 2 rings (SSSR count). The van der Waals surface area contributed by atoms with Crippen molar-refractivity contribution in [1.82, 2.24) is 9.97 Å². The molecule has 0 bridgehead atoms. The maximum Gasteiger partial charge on any atom is 0.126 e. The highest BCUT2D eigenvalue weighted by Gasteiger charge is 2.18. The van der Waals surface area contributed by atoms with E-state index in [9.17, 15) is 4.39 Å². The molecule has 0 atom stereocenters. The summed E-state index contributed by atoms with van der Waals surface area (Å²) in [4.78, 5) is 8.61. The van der Waals surface area contributed by atoms with Gasteiger partial charge in [-0.25, -0.2) is 9.37 Å². The molecule has 0 N–H and O–H groups in total. The molecule has 0 aliphatic carbocycles. The number of hydrogen-bond acceptors (Lipinski definition) is 2. The van der Waals surface area contributed by atoms with Crippen LogP contribution in [0, 0.1) is 6.92 Å². The Bertz CT molecular complexity index is 651. The van der Waals surface area contributed by atoms with Gasteiger partial charge in [-0.1, -0.05) is 30.8 Å². The summed E-state index contributed by atoms with van der Waals surface area (Å²) in [6.45, 7) is 8.69. The third-order valence-corrected chi connectivity index (χ3v) is 3.24. The van der Waals surface area contributed by atoms with E-state index in [1.165, 1.54) is 6.08 Å². The van der Waals surface area contributed by atoms with Crippen molar-refractivity contribution in [2.75, 3.05) is 0 Å². The van der Waals surface area contributed by atoms with Crippen LogP contribution in [-0.2, 0) is 0 Å². The number of hydrogen-bond donors (Lipinski definition) is 0. The van der Waals surface area contributed by atoms with Crippen molar-refractivity contribution in [2.24, 2.45) is 0 Å². The second kappa shape index (κ2) is 5.33. The summed E-state index contributed by atoms with van der Waals surface area (Å²) in [5.41, 5.74) is 2.52. The SMILES string of the molecule is C=Cc1nc(-c2ccccn2)c(C)c(Cl)c1C(=C)F. The number of halogens is 2. The molecule has 2 heterocycles. The zero-order valence-electron chi connectivity index (χ0n) is 10.5. The summed E-state index contributed by atoms with van der Waals surface area (Å²) in [5.74, 6) is -0.622. The lowest BCUT2D eigenvalue weighted by atomic mass is 10.0. The van der Waals surface area contributed by atoms with Crippen LogP contribution in [-0.4, -0.2) is 9.97 Å². The van der Waals surface area contributed by atoms with E-state index >= 15 is 0 Å². The minimum Gasteiger partial charge on any atom is -0.255 e. The third-order valence-electron chi connectivity index (χ3n) is 2.76. The highest BCUT2D eigenvalue weighted by molar-refractivity contribution is 6.33. The van der Waals surface area contributed by atoms with Gasteiger partial charge in [-0.15, -0.1) is 0 Å². The predicted molar refractivity (Wildman–Crippen MR) is 77.4 cm³/mol. The molecule has 0 aliphatic heterocycles. The zero-order valence-corrected chi connectivity index (χ0v) is 11.2. The molecule has 0 spiro atoms. The largest absolute Gasteiger partial charge is 0.255 e. The van der Waals surface area contributed by atoms with Crippen molar-refractivity contribution in [3.8, 4) is 11.4 Å². The quantitative estimate of drug-likeness (QED) is 0.811. The van der Waals surface area contributed by atoms with E-state index in [1.807, 2.05) is 18.2 Å². The number of pyridine rings is 2. The second-order valence-corrected chi connectivity index (χ2v) is 4.36. The molecule has 2 aromatic rings. The molecule has 0 aliphatic rings. The highest BCUT2D eigenvalue weighted by atomic mass is 35.5. The van der Waals surface area contributed by atoms with Crippen LogP contribution in [0.25, 0.3) is 23.3 Å². The van der Waals surface area contributed by atoms with Gasteiger partial charge < -0.3 is 0 Å². The summed E-state index contributed by atoms with van der Waals surface area (Å²) in [7, 11) is 0. The van der Waals surface area contributed by atoms with Crippen LogP contribution in [0.5, 0.6) is 0 Å². The van der Waals surface area contributed by atoms with Crippen LogP contribution < -0.4 is 0 Å². The summed E-state index contributed by atoms with van der Waals surface area (Å²) < 4.78 is 13.5. The van der Waals surface area contributed by atoms with Crippen molar-refractivity contribution in [2.45, 2.75) is 6.92 Å². The monoisotopic (exact) mass is 274 g/mol.